The van der Waals surface area contributed by atoms with Crippen LogP contribution in [0.3, 0.4) is 0 Å². The van der Waals surface area contributed by atoms with Gasteiger partial charge in [-0.25, -0.2) is 9.97 Å². The van der Waals surface area contributed by atoms with Crippen molar-refractivity contribution in [2.45, 2.75) is 19.7 Å². The minimum absolute atomic E-state index is 0.0359. The predicted molar refractivity (Wildman–Crippen MR) is 126 cm³/mol. The van der Waals surface area contributed by atoms with Gasteiger partial charge in [0.25, 0.3) is 0 Å². The molecule has 0 unspecified atom stereocenters. The second-order valence-electron chi connectivity index (χ2n) is 7.75. The Morgan fingerprint density at radius 2 is 1.66 bits per heavy atom. The van der Waals surface area contributed by atoms with Gasteiger partial charge in [-0.2, -0.15) is 13.2 Å². The van der Waals surface area contributed by atoms with Gasteiger partial charge in [-0.15, -0.1) is 0 Å². The molecule has 0 spiro atoms. The molecule has 0 aliphatic heterocycles. The standard InChI is InChI=1S/C26H22F3N3O3/c1-15-7-3-4-8-16(15)14-35-17-11-12-18(20(33)13-17)23-22(19-9-5-6-10-21(19)34-2)24(26(27,28)29)32-25(30)31-23/h3-13,33H,14H2,1-2H3,(H2,30,31,32). The topological polar surface area (TPSA) is 90.5 Å². The molecule has 0 fully saturated rings. The van der Waals surface area contributed by atoms with Gasteiger partial charge in [0.15, 0.2) is 5.69 Å². The van der Waals surface area contributed by atoms with Crippen molar-refractivity contribution in [1.29, 1.82) is 0 Å². The minimum Gasteiger partial charge on any atom is -0.507 e. The van der Waals surface area contributed by atoms with Gasteiger partial charge < -0.3 is 20.3 Å². The molecule has 4 rings (SSSR count). The summed E-state index contributed by atoms with van der Waals surface area (Å²) in [4.78, 5) is 7.56. The van der Waals surface area contributed by atoms with Crippen LogP contribution in [0.25, 0.3) is 22.4 Å². The number of nitrogens with zero attached hydrogens (tertiary/aromatic N) is 2. The summed E-state index contributed by atoms with van der Waals surface area (Å²) in [6, 6.07) is 18.2. The smallest absolute Gasteiger partial charge is 0.434 e. The molecule has 0 bridgehead atoms. The maximum absolute atomic E-state index is 14.0. The van der Waals surface area contributed by atoms with Crippen LogP contribution in [0.15, 0.2) is 66.7 Å². The van der Waals surface area contributed by atoms with Crippen LogP contribution in [-0.2, 0) is 12.8 Å². The second-order valence-corrected chi connectivity index (χ2v) is 7.75. The Hall–Kier alpha value is -4.27. The molecule has 1 heterocycles. The average molecular weight is 481 g/mol. The summed E-state index contributed by atoms with van der Waals surface area (Å²) >= 11 is 0. The molecule has 3 N–H and O–H groups in total. The minimum atomic E-state index is -4.84. The fourth-order valence-corrected chi connectivity index (χ4v) is 3.72. The van der Waals surface area contributed by atoms with Crippen LogP contribution in [0.4, 0.5) is 19.1 Å². The Balaban J connectivity index is 1.82. The zero-order valence-electron chi connectivity index (χ0n) is 18.9. The number of phenolic OH excluding ortho intramolecular Hbond substituents is 1. The highest BCUT2D eigenvalue weighted by Crippen LogP contribution is 2.46. The van der Waals surface area contributed by atoms with Crippen LogP contribution in [0.1, 0.15) is 16.8 Å². The van der Waals surface area contributed by atoms with Crippen molar-refractivity contribution in [2.24, 2.45) is 0 Å². The Bertz CT molecular complexity index is 1370. The molecule has 9 heteroatoms. The van der Waals surface area contributed by atoms with E-state index in [-0.39, 0.29) is 40.5 Å². The second kappa shape index (κ2) is 9.54. The van der Waals surface area contributed by atoms with Crippen LogP contribution >= 0.6 is 0 Å². The average Bonchev–Trinajstić information content (AvgIpc) is 2.82. The number of nitrogens with two attached hydrogens (primary N) is 1. The van der Waals surface area contributed by atoms with Gasteiger partial charge in [-0.3, -0.25) is 0 Å². The summed E-state index contributed by atoms with van der Waals surface area (Å²) in [6.07, 6.45) is -4.84. The number of rotatable bonds is 6. The number of hydrogen-bond acceptors (Lipinski definition) is 6. The normalized spacial score (nSPS) is 11.3. The fourth-order valence-electron chi connectivity index (χ4n) is 3.72. The summed E-state index contributed by atoms with van der Waals surface area (Å²) in [5.41, 5.74) is 6.04. The number of para-hydroxylation sites is 1. The molecular weight excluding hydrogens is 459 g/mol. The fraction of sp³-hybridized carbons (Fsp3) is 0.154. The zero-order valence-corrected chi connectivity index (χ0v) is 18.9. The van der Waals surface area contributed by atoms with Crippen LogP contribution in [0, 0.1) is 6.92 Å². The van der Waals surface area contributed by atoms with Gasteiger partial charge in [0, 0.05) is 22.8 Å². The summed E-state index contributed by atoms with van der Waals surface area (Å²) in [7, 11) is 1.35. The molecule has 35 heavy (non-hydrogen) atoms. The lowest BCUT2D eigenvalue weighted by atomic mass is 9.96. The van der Waals surface area contributed by atoms with Crippen molar-refractivity contribution < 1.29 is 27.8 Å². The number of aromatic hydroxyl groups is 1. The van der Waals surface area contributed by atoms with E-state index in [1.807, 2.05) is 31.2 Å². The number of ether oxygens (including phenoxy) is 2. The first-order valence-electron chi connectivity index (χ1n) is 10.6. The van der Waals surface area contributed by atoms with E-state index in [1.54, 1.807) is 18.2 Å². The van der Waals surface area contributed by atoms with E-state index in [2.05, 4.69) is 9.97 Å². The van der Waals surface area contributed by atoms with Crippen molar-refractivity contribution in [1.82, 2.24) is 9.97 Å². The van der Waals surface area contributed by atoms with Crippen molar-refractivity contribution in [3.63, 3.8) is 0 Å². The van der Waals surface area contributed by atoms with Gasteiger partial charge in [0.2, 0.25) is 5.95 Å². The molecule has 3 aromatic carbocycles. The monoisotopic (exact) mass is 481 g/mol. The number of hydrogen-bond donors (Lipinski definition) is 2. The highest BCUT2D eigenvalue weighted by molar-refractivity contribution is 5.88. The van der Waals surface area contributed by atoms with E-state index < -0.39 is 17.8 Å². The molecule has 0 saturated carbocycles. The van der Waals surface area contributed by atoms with Crippen molar-refractivity contribution >= 4 is 5.95 Å². The molecule has 0 saturated heterocycles. The highest BCUT2D eigenvalue weighted by Gasteiger charge is 2.39. The molecule has 180 valence electrons. The van der Waals surface area contributed by atoms with E-state index >= 15 is 0 Å². The first-order valence-corrected chi connectivity index (χ1v) is 10.6. The zero-order chi connectivity index (χ0) is 25.2. The van der Waals surface area contributed by atoms with Gasteiger partial charge in [0.1, 0.15) is 23.9 Å². The summed E-state index contributed by atoms with van der Waals surface area (Å²) in [5, 5.41) is 10.8. The van der Waals surface area contributed by atoms with Crippen LogP contribution in [0.5, 0.6) is 17.2 Å². The van der Waals surface area contributed by atoms with Crippen LogP contribution < -0.4 is 15.2 Å². The lowest BCUT2D eigenvalue weighted by molar-refractivity contribution is -0.140. The third kappa shape index (κ3) is 4.98. The quantitative estimate of drug-likeness (QED) is 0.350. The number of alkyl halides is 3. The van der Waals surface area contributed by atoms with Gasteiger partial charge in [-0.1, -0.05) is 42.5 Å². The lowest BCUT2D eigenvalue weighted by Crippen LogP contribution is -2.14. The first-order chi connectivity index (χ1) is 16.7. The maximum Gasteiger partial charge on any atom is 0.434 e. The molecule has 0 amide bonds. The summed E-state index contributed by atoms with van der Waals surface area (Å²) < 4.78 is 53.2. The van der Waals surface area contributed by atoms with E-state index in [0.717, 1.165) is 11.1 Å². The molecule has 0 atom stereocenters. The van der Waals surface area contributed by atoms with Crippen LogP contribution in [0.2, 0.25) is 0 Å². The lowest BCUT2D eigenvalue weighted by Gasteiger charge is -2.19. The molecule has 6 nitrogen and oxygen atoms in total. The highest BCUT2D eigenvalue weighted by atomic mass is 19.4. The molecule has 4 aromatic rings. The number of nitrogen functional groups attached to an aromatic ring is 1. The molecule has 0 aliphatic rings. The largest absolute Gasteiger partial charge is 0.507 e. The Kier molecular flexibility index (Phi) is 6.50. The third-order valence-electron chi connectivity index (χ3n) is 5.45. The molecule has 1 aromatic heterocycles. The summed E-state index contributed by atoms with van der Waals surface area (Å²) in [6.45, 7) is 2.22. The van der Waals surface area contributed by atoms with E-state index in [4.69, 9.17) is 15.2 Å². The number of anilines is 1. The Labute approximate surface area is 199 Å². The maximum atomic E-state index is 14.0. The van der Waals surface area contributed by atoms with Gasteiger partial charge >= 0.3 is 6.18 Å². The number of benzene rings is 3. The van der Waals surface area contributed by atoms with Crippen LogP contribution in [-0.4, -0.2) is 22.2 Å². The Morgan fingerprint density at radius 1 is 0.943 bits per heavy atom. The SMILES string of the molecule is COc1ccccc1-c1c(-c2ccc(OCc3ccccc3C)cc2O)nc(N)nc1C(F)(F)F. The predicted octanol–water partition coefficient (Wildman–Crippen LogP) is 6.01. The number of methoxy groups -OCH3 is 1. The Morgan fingerprint density at radius 3 is 2.34 bits per heavy atom. The first kappa shape index (κ1) is 23.9. The number of aromatic nitrogens is 2. The molecule has 0 aliphatic carbocycles. The van der Waals surface area contributed by atoms with Gasteiger partial charge in [-0.05, 0) is 36.2 Å². The van der Waals surface area contributed by atoms with E-state index in [9.17, 15) is 18.3 Å². The van der Waals surface area contributed by atoms with Crippen molar-refractivity contribution in [3.8, 4) is 39.6 Å². The van der Waals surface area contributed by atoms with Gasteiger partial charge in [0.05, 0.1) is 12.8 Å². The van der Waals surface area contributed by atoms with E-state index in [0.29, 0.717) is 5.75 Å². The number of halogens is 3. The number of phenols is 1. The summed E-state index contributed by atoms with van der Waals surface area (Å²) in [5.74, 6) is -0.378. The third-order valence-corrected chi connectivity index (χ3v) is 5.45. The molecular formula is C26H22F3N3O3. The van der Waals surface area contributed by atoms with Crippen molar-refractivity contribution in [2.75, 3.05) is 12.8 Å². The number of aryl methyl sites for hydroxylation is 1. The van der Waals surface area contributed by atoms with Crippen molar-refractivity contribution in [3.05, 3.63) is 83.6 Å². The molecule has 0 radical (unpaired) electrons. The van der Waals surface area contributed by atoms with E-state index in [1.165, 1.54) is 31.4 Å².